The Morgan fingerprint density at radius 1 is 0.605 bits per heavy atom. The van der Waals surface area contributed by atoms with Crippen LogP contribution >= 0.6 is 0 Å². The van der Waals surface area contributed by atoms with Crippen molar-refractivity contribution in [3.8, 4) is 50.7 Å². The predicted molar refractivity (Wildman–Crippen MR) is 175 cm³/mol. The average Bonchev–Trinajstić information content (AvgIpc) is 3.40. The maximum Gasteiger partial charge on any atom is 0.256 e. The van der Waals surface area contributed by atoms with Crippen LogP contribution in [0.3, 0.4) is 0 Å². The molecular weight excluding hydrogens is 528 g/mol. The second kappa shape index (κ2) is 9.08. The number of para-hydroxylation sites is 1. The minimum atomic E-state index is -0.309. The van der Waals surface area contributed by atoms with Crippen LogP contribution in [0.15, 0.2) is 133 Å². The van der Waals surface area contributed by atoms with Crippen molar-refractivity contribution < 1.29 is 9.13 Å². The normalized spacial score (nSPS) is 12.6. The molecule has 2 aliphatic rings. The molecule has 3 heterocycles. The highest BCUT2D eigenvalue weighted by Gasteiger charge is 2.41. The van der Waals surface area contributed by atoms with Crippen LogP contribution in [0, 0.1) is 12.7 Å². The van der Waals surface area contributed by atoms with Gasteiger partial charge in [-0.2, -0.15) is 0 Å². The summed E-state index contributed by atoms with van der Waals surface area (Å²) in [6.45, 7) is 2.05. The number of rotatable bonds is 3. The van der Waals surface area contributed by atoms with E-state index in [1.807, 2.05) is 18.2 Å². The molecule has 0 unspecified atom stereocenters. The molecule has 0 aliphatic carbocycles. The average molecular weight is 553 g/mol. The van der Waals surface area contributed by atoms with Crippen molar-refractivity contribution in [2.75, 3.05) is 0 Å². The van der Waals surface area contributed by atoms with Gasteiger partial charge in [-0.05, 0) is 57.7 Å². The third kappa shape index (κ3) is 3.53. The van der Waals surface area contributed by atoms with Gasteiger partial charge in [-0.3, -0.25) is 0 Å². The van der Waals surface area contributed by atoms with Gasteiger partial charge in [0.05, 0.1) is 5.69 Å². The molecular formula is C39H25BFNO. The molecule has 0 bridgehead atoms. The number of nitrogens with zero attached hydrogens (tertiary/aromatic N) is 1. The number of halogens is 1. The lowest BCUT2D eigenvalue weighted by molar-refractivity contribution is 0.481. The highest BCUT2D eigenvalue weighted by atomic mass is 19.1. The van der Waals surface area contributed by atoms with Crippen LogP contribution in [-0.2, 0) is 0 Å². The molecule has 43 heavy (non-hydrogen) atoms. The van der Waals surface area contributed by atoms with E-state index in [1.165, 1.54) is 22.7 Å². The molecule has 7 aromatic rings. The second-order valence-corrected chi connectivity index (χ2v) is 11.5. The molecule has 9 rings (SSSR count). The largest absolute Gasteiger partial charge is 0.458 e. The number of benzene rings is 6. The molecule has 0 spiro atoms. The first-order valence-electron chi connectivity index (χ1n) is 14.7. The minimum Gasteiger partial charge on any atom is -0.458 e. The smallest absolute Gasteiger partial charge is 0.256 e. The van der Waals surface area contributed by atoms with Crippen molar-refractivity contribution in [1.29, 1.82) is 0 Å². The first-order valence-corrected chi connectivity index (χ1v) is 14.7. The Labute approximate surface area is 249 Å². The quantitative estimate of drug-likeness (QED) is 0.202. The standard InChI is InChI=1S/C39H25BFNO/c1-24-15-20-34-32(21-24)40-31-14-8-13-30-36(27-11-6-3-7-12-27)38(28-18-16-26(17-19-28)25-9-4-2-5-10-25)42(39(30)31)33-22-29(41)23-35(43-34)37(33)40/h2-23H,1H3. The molecule has 6 aromatic carbocycles. The third-order valence-corrected chi connectivity index (χ3v) is 8.97. The number of fused-ring (bicyclic) bond motifs is 4. The van der Waals surface area contributed by atoms with E-state index in [9.17, 15) is 0 Å². The molecule has 2 aliphatic heterocycles. The van der Waals surface area contributed by atoms with Crippen molar-refractivity contribution in [1.82, 2.24) is 4.57 Å². The van der Waals surface area contributed by atoms with Crippen molar-refractivity contribution in [2.24, 2.45) is 0 Å². The highest BCUT2D eigenvalue weighted by Crippen LogP contribution is 2.45. The summed E-state index contributed by atoms with van der Waals surface area (Å²) in [5, 5.41) is 1.16. The molecule has 1 aromatic heterocycles. The first kappa shape index (κ1) is 24.3. The molecule has 4 heteroatoms. The lowest BCUT2D eigenvalue weighted by Crippen LogP contribution is -2.58. The molecule has 0 atom stereocenters. The molecule has 0 saturated carbocycles. The number of aryl methyl sites for hydroxylation is 1. The van der Waals surface area contributed by atoms with Gasteiger partial charge in [-0.1, -0.05) is 121 Å². The first-order chi connectivity index (χ1) is 21.2. The molecule has 2 nitrogen and oxygen atoms in total. The number of hydrogen-bond acceptors (Lipinski definition) is 1. The fourth-order valence-electron chi connectivity index (χ4n) is 7.18. The summed E-state index contributed by atoms with van der Waals surface area (Å²) in [6, 6.07) is 45.8. The lowest BCUT2D eigenvalue weighted by Gasteiger charge is -2.33. The van der Waals surface area contributed by atoms with Gasteiger partial charge in [0.2, 0.25) is 0 Å². The van der Waals surface area contributed by atoms with E-state index in [1.54, 1.807) is 6.07 Å². The SMILES string of the molecule is Cc1ccc2c(c1)B1c3c(cc(F)cc3-n3c(-c4ccc(-c5ccccc5)cc4)c(-c4ccccc4)c4cccc1c43)O2. The molecule has 202 valence electrons. The van der Waals surface area contributed by atoms with Gasteiger partial charge in [0.15, 0.2) is 0 Å². The molecule has 0 amide bonds. The Bertz CT molecular complexity index is 2220. The predicted octanol–water partition coefficient (Wildman–Crippen LogP) is 8.01. The van der Waals surface area contributed by atoms with Crippen molar-refractivity contribution in [3.63, 3.8) is 0 Å². The van der Waals surface area contributed by atoms with Crippen LogP contribution in [0.4, 0.5) is 4.39 Å². The van der Waals surface area contributed by atoms with Gasteiger partial charge >= 0.3 is 0 Å². The Kier molecular flexibility index (Phi) is 5.12. The maximum atomic E-state index is 15.5. The highest BCUT2D eigenvalue weighted by molar-refractivity contribution is 6.99. The van der Waals surface area contributed by atoms with E-state index in [2.05, 4.69) is 115 Å². The summed E-state index contributed by atoms with van der Waals surface area (Å²) in [5.41, 5.74) is 13.2. The van der Waals surface area contributed by atoms with Crippen LogP contribution in [0.5, 0.6) is 11.5 Å². The summed E-state index contributed by atoms with van der Waals surface area (Å²) < 4.78 is 24.2. The maximum absolute atomic E-state index is 15.5. The van der Waals surface area contributed by atoms with Gasteiger partial charge in [0, 0.05) is 28.2 Å². The summed E-state index contributed by atoms with van der Waals surface area (Å²) in [5.74, 6) is 1.06. The van der Waals surface area contributed by atoms with Crippen LogP contribution in [-0.4, -0.2) is 11.3 Å². The molecule has 0 saturated heterocycles. The topological polar surface area (TPSA) is 14.2 Å². The van der Waals surface area contributed by atoms with E-state index in [0.29, 0.717) is 5.75 Å². The Hall–Kier alpha value is -5.35. The monoisotopic (exact) mass is 553 g/mol. The van der Waals surface area contributed by atoms with Crippen LogP contribution in [0.25, 0.3) is 50.1 Å². The van der Waals surface area contributed by atoms with E-state index in [4.69, 9.17) is 4.74 Å². The summed E-state index contributed by atoms with van der Waals surface area (Å²) in [7, 11) is 0. The van der Waals surface area contributed by atoms with Crippen LogP contribution < -0.4 is 21.1 Å². The third-order valence-electron chi connectivity index (χ3n) is 8.97. The van der Waals surface area contributed by atoms with E-state index in [-0.39, 0.29) is 12.5 Å². The minimum absolute atomic E-state index is 0.0581. The fourth-order valence-corrected chi connectivity index (χ4v) is 7.18. The summed E-state index contributed by atoms with van der Waals surface area (Å²) in [6.07, 6.45) is 0. The second-order valence-electron chi connectivity index (χ2n) is 11.5. The lowest BCUT2D eigenvalue weighted by atomic mass is 9.34. The Balaban J connectivity index is 1.41. The summed E-state index contributed by atoms with van der Waals surface area (Å²) >= 11 is 0. The van der Waals surface area contributed by atoms with Gasteiger partial charge in [0.25, 0.3) is 6.71 Å². The number of hydrogen-bond donors (Lipinski definition) is 0. The fraction of sp³-hybridized carbons (Fsp3) is 0.0256. The van der Waals surface area contributed by atoms with Gasteiger partial charge in [0.1, 0.15) is 17.3 Å². The summed E-state index contributed by atoms with van der Waals surface area (Å²) in [4.78, 5) is 0. The number of aromatic nitrogens is 1. The zero-order valence-corrected chi connectivity index (χ0v) is 23.5. The van der Waals surface area contributed by atoms with Gasteiger partial charge < -0.3 is 9.30 Å². The van der Waals surface area contributed by atoms with E-state index >= 15 is 4.39 Å². The molecule has 0 N–H and O–H groups in total. The van der Waals surface area contributed by atoms with Crippen LogP contribution in [0.2, 0.25) is 0 Å². The van der Waals surface area contributed by atoms with Crippen molar-refractivity contribution in [2.45, 2.75) is 6.92 Å². The van der Waals surface area contributed by atoms with Crippen molar-refractivity contribution >= 4 is 34.0 Å². The molecule has 0 radical (unpaired) electrons. The zero-order chi connectivity index (χ0) is 28.7. The Morgan fingerprint density at radius 2 is 1.30 bits per heavy atom. The molecule has 0 fully saturated rings. The zero-order valence-electron chi connectivity index (χ0n) is 23.5. The van der Waals surface area contributed by atoms with Gasteiger partial charge in [-0.25, -0.2) is 4.39 Å². The number of ether oxygens (including phenoxy) is 1. The Morgan fingerprint density at radius 3 is 2.07 bits per heavy atom. The van der Waals surface area contributed by atoms with E-state index < -0.39 is 0 Å². The van der Waals surface area contributed by atoms with Crippen molar-refractivity contribution in [3.05, 3.63) is 145 Å². The van der Waals surface area contributed by atoms with Crippen LogP contribution in [0.1, 0.15) is 5.56 Å². The van der Waals surface area contributed by atoms with Gasteiger partial charge in [-0.15, -0.1) is 0 Å². The van der Waals surface area contributed by atoms with E-state index in [0.717, 1.165) is 61.2 Å².